The molecular formula is C15H21ClN2O3. The predicted molar refractivity (Wildman–Crippen MR) is 81.5 cm³/mol. The van der Waals surface area contributed by atoms with Crippen molar-refractivity contribution in [1.29, 1.82) is 0 Å². The van der Waals surface area contributed by atoms with Gasteiger partial charge in [0.2, 0.25) is 0 Å². The highest BCUT2D eigenvalue weighted by Gasteiger charge is 2.19. The number of aromatic nitrogens is 1. The van der Waals surface area contributed by atoms with Crippen LogP contribution in [0.15, 0.2) is 12.1 Å². The highest BCUT2D eigenvalue weighted by atomic mass is 35.5. The maximum absolute atomic E-state index is 12.5. The molecule has 1 amide bonds. The van der Waals surface area contributed by atoms with Gasteiger partial charge in [-0.1, -0.05) is 25.4 Å². The lowest BCUT2D eigenvalue weighted by molar-refractivity contribution is -0.143. The zero-order valence-electron chi connectivity index (χ0n) is 12.9. The molecule has 116 valence electrons. The molecule has 5 nitrogen and oxygen atoms in total. The summed E-state index contributed by atoms with van der Waals surface area (Å²) in [6.45, 7) is 8.13. The lowest BCUT2D eigenvalue weighted by Crippen LogP contribution is -2.36. The van der Waals surface area contributed by atoms with E-state index in [-0.39, 0.29) is 23.5 Å². The van der Waals surface area contributed by atoms with E-state index in [0.717, 1.165) is 5.69 Å². The fourth-order valence-electron chi connectivity index (χ4n) is 1.81. The second-order valence-electron chi connectivity index (χ2n) is 4.88. The van der Waals surface area contributed by atoms with Crippen molar-refractivity contribution in [3.05, 3.63) is 28.5 Å². The Labute approximate surface area is 130 Å². The minimum absolute atomic E-state index is 0.0693. The molecule has 1 aromatic rings. The summed E-state index contributed by atoms with van der Waals surface area (Å²) in [7, 11) is 0. The minimum Gasteiger partial charge on any atom is -0.465 e. The Morgan fingerprint density at radius 3 is 2.52 bits per heavy atom. The first-order chi connectivity index (χ1) is 9.88. The number of nitrogens with zero attached hydrogens (tertiary/aromatic N) is 2. The molecule has 0 fully saturated rings. The van der Waals surface area contributed by atoms with Crippen molar-refractivity contribution in [3.63, 3.8) is 0 Å². The molecule has 1 aromatic heterocycles. The summed E-state index contributed by atoms with van der Waals surface area (Å²) in [5.74, 6) is -0.510. The van der Waals surface area contributed by atoms with Crippen molar-refractivity contribution in [2.45, 2.75) is 33.6 Å². The van der Waals surface area contributed by atoms with E-state index >= 15 is 0 Å². The zero-order chi connectivity index (χ0) is 16.0. The van der Waals surface area contributed by atoms with Gasteiger partial charge in [0, 0.05) is 17.8 Å². The van der Waals surface area contributed by atoms with Crippen molar-refractivity contribution in [3.8, 4) is 0 Å². The second kappa shape index (κ2) is 7.98. The number of carbonyl (C=O) groups excluding carboxylic acids is 2. The zero-order valence-corrected chi connectivity index (χ0v) is 13.6. The number of ether oxygens (including phenoxy) is 1. The van der Waals surface area contributed by atoms with Crippen LogP contribution >= 0.6 is 11.6 Å². The van der Waals surface area contributed by atoms with Crippen LogP contribution in [0.3, 0.4) is 0 Å². The highest BCUT2D eigenvalue weighted by Crippen LogP contribution is 2.19. The van der Waals surface area contributed by atoms with Crippen molar-refractivity contribution >= 4 is 23.5 Å². The summed E-state index contributed by atoms with van der Waals surface area (Å²) >= 11 is 5.97. The van der Waals surface area contributed by atoms with Crippen LogP contribution in [0, 0.1) is 0 Å². The van der Waals surface area contributed by atoms with E-state index in [1.165, 1.54) is 11.0 Å². The monoisotopic (exact) mass is 312 g/mol. The Morgan fingerprint density at radius 2 is 2.00 bits per heavy atom. The molecule has 0 atom stereocenters. The van der Waals surface area contributed by atoms with E-state index in [0.29, 0.717) is 18.7 Å². The van der Waals surface area contributed by atoms with E-state index in [2.05, 4.69) is 4.98 Å². The lowest BCUT2D eigenvalue weighted by atomic mass is 10.1. The molecule has 1 rings (SSSR count). The molecule has 0 radical (unpaired) electrons. The molecule has 0 saturated heterocycles. The van der Waals surface area contributed by atoms with Gasteiger partial charge in [0.05, 0.1) is 6.61 Å². The first-order valence-electron chi connectivity index (χ1n) is 7.01. The van der Waals surface area contributed by atoms with Crippen LogP contribution in [0.1, 0.15) is 49.7 Å². The summed E-state index contributed by atoms with van der Waals surface area (Å²) in [6.07, 6.45) is 0. The molecule has 0 saturated carbocycles. The Hall–Kier alpha value is -1.62. The predicted octanol–water partition coefficient (Wildman–Crippen LogP) is 2.88. The molecule has 0 aliphatic heterocycles. The Kier molecular flexibility index (Phi) is 6.62. The standard InChI is InChI=1S/C15H21ClN2O3/c1-5-18(9-14(19)21-6-2)15(20)11-7-12(10(3)4)17-13(16)8-11/h7-8,10H,5-6,9H2,1-4H3. The SMILES string of the molecule is CCOC(=O)CN(CC)C(=O)c1cc(Cl)nc(C(C)C)c1. The smallest absolute Gasteiger partial charge is 0.325 e. The van der Waals surface area contributed by atoms with Gasteiger partial charge in [-0.05, 0) is 31.9 Å². The number of hydrogen-bond donors (Lipinski definition) is 0. The van der Waals surface area contributed by atoms with Crippen LogP contribution in [0.5, 0.6) is 0 Å². The molecule has 0 N–H and O–H groups in total. The van der Waals surface area contributed by atoms with Gasteiger partial charge in [0.25, 0.3) is 5.91 Å². The minimum atomic E-state index is -0.420. The van der Waals surface area contributed by atoms with E-state index in [1.807, 2.05) is 20.8 Å². The molecule has 0 aromatic carbocycles. The number of amides is 1. The summed E-state index contributed by atoms with van der Waals surface area (Å²) in [5.41, 5.74) is 1.18. The number of likely N-dealkylation sites (N-methyl/N-ethyl adjacent to an activating group) is 1. The fourth-order valence-corrected chi connectivity index (χ4v) is 2.02. The van der Waals surface area contributed by atoms with Gasteiger partial charge in [0.15, 0.2) is 0 Å². The first-order valence-corrected chi connectivity index (χ1v) is 7.39. The summed E-state index contributed by atoms with van der Waals surface area (Å²) in [4.78, 5) is 29.6. The van der Waals surface area contributed by atoms with Gasteiger partial charge in [-0.2, -0.15) is 0 Å². The van der Waals surface area contributed by atoms with Crippen molar-refractivity contribution in [2.24, 2.45) is 0 Å². The normalized spacial score (nSPS) is 10.6. The van der Waals surface area contributed by atoms with Gasteiger partial charge < -0.3 is 9.64 Å². The average molecular weight is 313 g/mol. The van der Waals surface area contributed by atoms with Crippen molar-refractivity contribution in [1.82, 2.24) is 9.88 Å². The van der Waals surface area contributed by atoms with Gasteiger partial charge in [-0.3, -0.25) is 9.59 Å². The first kappa shape index (κ1) is 17.4. The Bertz CT molecular complexity index is 518. The number of hydrogen-bond acceptors (Lipinski definition) is 4. The summed E-state index contributed by atoms with van der Waals surface area (Å²) in [5, 5.41) is 0.275. The molecule has 0 aliphatic carbocycles. The maximum atomic E-state index is 12.5. The Balaban J connectivity index is 2.97. The van der Waals surface area contributed by atoms with Crippen molar-refractivity contribution in [2.75, 3.05) is 19.7 Å². The van der Waals surface area contributed by atoms with Crippen LogP contribution in [-0.2, 0) is 9.53 Å². The van der Waals surface area contributed by atoms with E-state index < -0.39 is 5.97 Å². The molecule has 0 bridgehead atoms. The number of pyridine rings is 1. The highest BCUT2D eigenvalue weighted by molar-refractivity contribution is 6.29. The van der Waals surface area contributed by atoms with Gasteiger partial charge >= 0.3 is 5.97 Å². The van der Waals surface area contributed by atoms with Crippen molar-refractivity contribution < 1.29 is 14.3 Å². The van der Waals surface area contributed by atoms with Crippen LogP contribution in [-0.4, -0.2) is 41.5 Å². The second-order valence-corrected chi connectivity index (χ2v) is 5.27. The molecular weight excluding hydrogens is 292 g/mol. The van der Waals surface area contributed by atoms with Gasteiger partial charge in [0.1, 0.15) is 11.7 Å². The molecule has 0 spiro atoms. The van der Waals surface area contributed by atoms with E-state index in [4.69, 9.17) is 16.3 Å². The average Bonchev–Trinajstić information content (AvgIpc) is 2.43. The third-order valence-electron chi connectivity index (χ3n) is 2.95. The summed E-state index contributed by atoms with van der Waals surface area (Å²) < 4.78 is 4.87. The molecule has 0 aliphatic rings. The molecule has 21 heavy (non-hydrogen) atoms. The summed E-state index contributed by atoms with van der Waals surface area (Å²) in [6, 6.07) is 3.23. The van der Waals surface area contributed by atoms with E-state index in [1.54, 1.807) is 13.0 Å². The van der Waals surface area contributed by atoms with Crippen LogP contribution < -0.4 is 0 Å². The third-order valence-corrected chi connectivity index (χ3v) is 3.14. The third kappa shape index (κ3) is 5.01. The number of halogens is 1. The number of esters is 1. The van der Waals surface area contributed by atoms with Crippen LogP contribution in [0.25, 0.3) is 0 Å². The number of carbonyl (C=O) groups is 2. The number of rotatable bonds is 6. The topological polar surface area (TPSA) is 59.5 Å². The largest absolute Gasteiger partial charge is 0.465 e. The van der Waals surface area contributed by atoms with Crippen LogP contribution in [0.2, 0.25) is 5.15 Å². The molecule has 1 heterocycles. The van der Waals surface area contributed by atoms with Gasteiger partial charge in [-0.15, -0.1) is 0 Å². The maximum Gasteiger partial charge on any atom is 0.325 e. The molecule has 0 unspecified atom stereocenters. The lowest BCUT2D eigenvalue weighted by Gasteiger charge is -2.20. The molecule has 6 heteroatoms. The van der Waals surface area contributed by atoms with E-state index in [9.17, 15) is 9.59 Å². The quantitative estimate of drug-likeness (QED) is 0.598. The van der Waals surface area contributed by atoms with Crippen LogP contribution in [0.4, 0.5) is 0 Å². The Morgan fingerprint density at radius 1 is 1.33 bits per heavy atom. The van der Waals surface area contributed by atoms with Gasteiger partial charge in [-0.25, -0.2) is 4.98 Å². The fraction of sp³-hybridized carbons (Fsp3) is 0.533.